The molecule has 2 fully saturated rings. The van der Waals surface area contributed by atoms with Crippen LogP contribution in [0.2, 0.25) is 5.02 Å². The predicted octanol–water partition coefficient (Wildman–Crippen LogP) is 3.95. The van der Waals surface area contributed by atoms with Crippen LogP contribution in [0.25, 0.3) is 0 Å². The van der Waals surface area contributed by atoms with Crippen molar-refractivity contribution in [2.24, 2.45) is 11.8 Å². The molecule has 4 rings (SSSR count). The average molecular weight is 373 g/mol. The summed E-state index contributed by atoms with van der Waals surface area (Å²) in [6.07, 6.45) is 0. The predicted molar refractivity (Wildman–Crippen MR) is 89.8 cm³/mol. The van der Waals surface area contributed by atoms with Gasteiger partial charge in [-0.25, -0.2) is 13.8 Å². The van der Waals surface area contributed by atoms with Crippen molar-refractivity contribution in [2.75, 3.05) is 13.1 Å². The van der Waals surface area contributed by atoms with Crippen molar-refractivity contribution in [3.63, 3.8) is 0 Å². The van der Waals surface area contributed by atoms with Crippen molar-refractivity contribution in [1.29, 1.82) is 0 Å². The molecule has 0 amide bonds. The Morgan fingerprint density at radius 2 is 1.88 bits per heavy atom. The first-order chi connectivity index (χ1) is 11.1. The van der Waals surface area contributed by atoms with Gasteiger partial charge in [0.25, 0.3) is 0 Å². The molecule has 1 aliphatic heterocycles. The van der Waals surface area contributed by atoms with E-state index in [1.165, 1.54) is 18.2 Å². The Bertz CT molecular complexity index is 749. The fourth-order valence-corrected chi connectivity index (χ4v) is 3.53. The molecule has 24 heavy (non-hydrogen) atoms. The lowest BCUT2D eigenvalue weighted by atomic mass is 10.1. The fraction of sp³-hybridized carbons (Fsp3) is 0.353. The van der Waals surface area contributed by atoms with Crippen LogP contribution in [0.4, 0.5) is 8.78 Å². The lowest BCUT2D eigenvalue weighted by Gasteiger charge is -2.10. The van der Waals surface area contributed by atoms with Crippen molar-refractivity contribution >= 4 is 24.0 Å². The molecule has 0 spiro atoms. The molecule has 2 aromatic rings. The maximum absolute atomic E-state index is 14.0. The maximum atomic E-state index is 14.0. The van der Waals surface area contributed by atoms with Gasteiger partial charge in [-0.3, -0.25) is 0 Å². The monoisotopic (exact) mass is 372 g/mol. The molecule has 0 radical (unpaired) electrons. The molecule has 0 bridgehead atoms. The lowest BCUT2D eigenvalue weighted by Crippen LogP contribution is -2.15. The first-order valence-corrected chi connectivity index (χ1v) is 7.95. The van der Waals surface area contributed by atoms with Crippen LogP contribution in [-0.4, -0.2) is 18.1 Å². The summed E-state index contributed by atoms with van der Waals surface area (Å²) >= 11 is 5.72. The topological polar surface area (TPSA) is 34.1 Å². The number of halogens is 4. The molecule has 1 aliphatic carbocycles. The van der Waals surface area contributed by atoms with Gasteiger partial charge < -0.3 is 10.1 Å². The molecule has 1 aromatic heterocycles. The molecule has 1 unspecified atom stereocenters. The summed E-state index contributed by atoms with van der Waals surface area (Å²) in [5, 5.41) is 3.61. The van der Waals surface area contributed by atoms with Crippen LogP contribution >= 0.6 is 24.0 Å². The summed E-state index contributed by atoms with van der Waals surface area (Å²) < 4.78 is 33.3. The molecule has 1 N–H and O–H groups in total. The third-order valence-corrected chi connectivity index (χ3v) is 4.88. The second-order valence-corrected chi connectivity index (χ2v) is 6.49. The van der Waals surface area contributed by atoms with Crippen molar-refractivity contribution in [3.8, 4) is 5.88 Å². The summed E-state index contributed by atoms with van der Waals surface area (Å²) in [5.74, 6) is 0.708. The number of rotatable bonds is 4. The number of benzene rings is 1. The van der Waals surface area contributed by atoms with Gasteiger partial charge in [0.2, 0.25) is 5.88 Å². The Kier molecular flexibility index (Phi) is 4.95. The molecule has 1 saturated heterocycles. The molecule has 2 aliphatic rings. The van der Waals surface area contributed by atoms with Gasteiger partial charge in [-0.2, -0.15) is 0 Å². The Labute approximate surface area is 149 Å². The van der Waals surface area contributed by atoms with E-state index < -0.39 is 5.82 Å². The van der Waals surface area contributed by atoms with Gasteiger partial charge >= 0.3 is 0 Å². The largest absolute Gasteiger partial charge is 0.473 e. The number of nitrogens with one attached hydrogen (secondary N) is 1. The summed E-state index contributed by atoms with van der Waals surface area (Å²) in [7, 11) is 0. The second-order valence-electron chi connectivity index (χ2n) is 6.05. The van der Waals surface area contributed by atoms with E-state index in [0.29, 0.717) is 34.0 Å². The SMILES string of the molecule is Cl.Fc1cc(Cl)ccc1COc1ccc(F)c(C2[C@H]3CNC[C@@H]23)n1. The average Bonchev–Trinajstić information content (AvgIpc) is 2.99. The first kappa shape index (κ1) is 17.4. The number of fused-ring (bicyclic) bond motifs is 1. The van der Waals surface area contributed by atoms with Crippen molar-refractivity contribution in [1.82, 2.24) is 10.3 Å². The van der Waals surface area contributed by atoms with Gasteiger partial charge in [-0.05, 0) is 43.1 Å². The molecule has 3 nitrogen and oxygen atoms in total. The highest BCUT2D eigenvalue weighted by atomic mass is 35.5. The summed E-state index contributed by atoms with van der Waals surface area (Å²) in [6, 6.07) is 7.26. The van der Waals surface area contributed by atoms with Crippen LogP contribution in [0.15, 0.2) is 30.3 Å². The van der Waals surface area contributed by atoms with E-state index in [9.17, 15) is 8.78 Å². The van der Waals surface area contributed by atoms with Crippen LogP contribution < -0.4 is 10.1 Å². The molecular weight excluding hydrogens is 357 g/mol. The third-order valence-electron chi connectivity index (χ3n) is 4.65. The van der Waals surface area contributed by atoms with E-state index in [1.807, 2.05) is 0 Å². The molecule has 1 saturated carbocycles. The second kappa shape index (κ2) is 6.82. The van der Waals surface area contributed by atoms with Crippen LogP contribution in [0.5, 0.6) is 5.88 Å². The van der Waals surface area contributed by atoms with Crippen molar-refractivity contribution in [2.45, 2.75) is 12.5 Å². The molecule has 128 valence electrons. The highest BCUT2D eigenvalue weighted by molar-refractivity contribution is 6.30. The van der Waals surface area contributed by atoms with Gasteiger partial charge in [0.1, 0.15) is 18.2 Å². The zero-order valence-electron chi connectivity index (χ0n) is 12.6. The maximum Gasteiger partial charge on any atom is 0.213 e. The Morgan fingerprint density at radius 1 is 1.12 bits per heavy atom. The Balaban J connectivity index is 0.00000169. The fourth-order valence-electron chi connectivity index (χ4n) is 3.37. The highest BCUT2D eigenvalue weighted by Crippen LogP contribution is 2.55. The molecular formula is C17H16Cl2F2N2O. The van der Waals surface area contributed by atoms with Gasteiger partial charge in [-0.15, -0.1) is 12.4 Å². The Hall–Kier alpha value is -1.43. The molecule has 1 aromatic carbocycles. The van der Waals surface area contributed by atoms with E-state index in [0.717, 1.165) is 13.1 Å². The summed E-state index contributed by atoms with van der Waals surface area (Å²) in [6.45, 7) is 1.86. The van der Waals surface area contributed by atoms with Crippen LogP contribution in [0, 0.1) is 23.5 Å². The zero-order chi connectivity index (χ0) is 16.0. The third kappa shape index (κ3) is 3.21. The number of pyridine rings is 1. The molecule has 2 heterocycles. The standard InChI is InChI=1S/C17H15ClF2N2O.ClH/c18-10-2-1-9(14(20)5-10)8-23-15-4-3-13(19)17(22-15)16-11-6-21-7-12(11)16;/h1-5,11-12,16,21H,6-8H2;1H/t11-,12+,16?;. The smallest absolute Gasteiger partial charge is 0.213 e. The minimum Gasteiger partial charge on any atom is -0.473 e. The van der Waals surface area contributed by atoms with E-state index >= 15 is 0 Å². The number of hydrogen-bond acceptors (Lipinski definition) is 3. The van der Waals surface area contributed by atoms with Gasteiger partial charge in [0.15, 0.2) is 0 Å². The van der Waals surface area contributed by atoms with Gasteiger partial charge in [0.05, 0.1) is 5.69 Å². The molecule has 7 heteroatoms. The Morgan fingerprint density at radius 3 is 2.58 bits per heavy atom. The van der Waals surface area contributed by atoms with E-state index in [-0.39, 0.29) is 30.7 Å². The van der Waals surface area contributed by atoms with Crippen LogP contribution in [0.1, 0.15) is 17.2 Å². The normalized spacial score (nSPS) is 24.2. The lowest BCUT2D eigenvalue weighted by molar-refractivity contribution is 0.286. The first-order valence-electron chi connectivity index (χ1n) is 7.57. The van der Waals surface area contributed by atoms with Crippen LogP contribution in [0.3, 0.4) is 0 Å². The van der Waals surface area contributed by atoms with Crippen molar-refractivity contribution < 1.29 is 13.5 Å². The van der Waals surface area contributed by atoms with Crippen LogP contribution in [-0.2, 0) is 6.61 Å². The quantitative estimate of drug-likeness (QED) is 0.882. The summed E-state index contributed by atoms with van der Waals surface area (Å²) in [5.41, 5.74) is 0.852. The van der Waals surface area contributed by atoms with Gasteiger partial charge in [-0.1, -0.05) is 17.7 Å². The summed E-state index contributed by atoms with van der Waals surface area (Å²) in [4.78, 5) is 4.31. The van der Waals surface area contributed by atoms with E-state index in [4.69, 9.17) is 16.3 Å². The van der Waals surface area contributed by atoms with Gasteiger partial charge in [0, 0.05) is 22.6 Å². The van der Waals surface area contributed by atoms with E-state index in [2.05, 4.69) is 10.3 Å². The van der Waals surface area contributed by atoms with Crippen molar-refractivity contribution in [3.05, 3.63) is 58.2 Å². The number of nitrogens with zero attached hydrogens (tertiary/aromatic N) is 1. The number of piperidine rings is 1. The highest BCUT2D eigenvalue weighted by Gasteiger charge is 2.55. The minimum absolute atomic E-state index is 0. The number of hydrogen-bond donors (Lipinski definition) is 1. The van der Waals surface area contributed by atoms with E-state index in [1.54, 1.807) is 12.1 Å². The number of ether oxygens (including phenoxy) is 1. The minimum atomic E-state index is -0.428. The zero-order valence-corrected chi connectivity index (χ0v) is 14.2. The molecule has 3 atom stereocenters. The number of aromatic nitrogens is 1.